The van der Waals surface area contributed by atoms with E-state index in [9.17, 15) is 25.8 Å². The van der Waals surface area contributed by atoms with E-state index in [0.717, 1.165) is 33.4 Å². The van der Waals surface area contributed by atoms with Gasteiger partial charge in [-0.2, -0.15) is 21.0 Å². The van der Waals surface area contributed by atoms with Gasteiger partial charge in [0.15, 0.2) is 5.78 Å². The summed E-state index contributed by atoms with van der Waals surface area (Å²) < 4.78 is 0. The van der Waals surface area contributed by atoms with E-state index < -0.39 is 5.78 Å². The Morgan fingerprint density at radius 3 is 1.39 bits per heavy atom. The van der Waals surface area contributed by atoms with Crippen LogP contribution in [0.25, 0.3) is 22.3 Å². The minimum Gasteiger partial charge on any atom is -0.288 e. The van der Waals surface area contributed by atoms with Gasteiger partial charge in [0.2, 0.25) is 0 Å². The minimum atomic E-state index is -0.495. The zero-order valence-electron chi connectivity index (χ0n) is 18.9. The van der Waals surface area contributed by atoms with E-state index in [1.807, 2.05) is 48.5 Å². The molecule has 0 spiro atoms. The maximum atomic E-state index is 14.4. The van der Waals surface area contributed by atoms with E-state index >= 15 is 0 Å². The van der Waals surface area contributed by atoms with E-state index in [1.165, 1.54) is 0 Å². The van der Waals surface area contributed by atoms with Gasteiger partial charge in [-0.3, -0.25) is 4.79 Å². The maximum absolute atomic E-state index is 14.4. The van der Waals surface area contributed by atoms with Crippen LogP contribution in [0.1, 0.15) is 60.4 Å². The Balaban J connectivity index is 1.69. The Labute approximate surface area is 207 Å². The van der Waals surface area contributed by atoms with Gasteiger partial charge in [0.25, 0.3) is 0 Å². The first-order valence-corrected chi connectivity index (χ1v) is 11.3. The third-order valence-electron chi connectivity index (χ3n) is 7.14. The van der Waals surface area contributed by atoms with Gasteiger partial charge in [-0.05, 0) is 69.5 Å². The first-order chi connectivity index (χ1) is 17.6. The molecule has 0 bridgehead atoms. The number of nitrogens with zero attached hydrogens (tertiary/aromatic N) is 4. The van der Waals surface area contributed by atoms with E-state index in [-0.39, 0.29) is 33.4 Å². The van der Waals surface area contributed by atoms with Crippen molar-refractivity contribution in [3.8, 4) is 46.5 Å². The number of hydrogen-bond acceptors (Lipinski definition) is 5. The highest BCUT2D eigenvalue weighted by molar-refractivity contribution is 6.17. The zero-order chi connectivity index (χ0) is 25.0. The molecule has 4 aromatic rings. The molecule has 0 aliphatic heterocycles. The molecule has 0 unspecified atom stereocenters. The molecule has 2 aliphatic rings. The number of rotatable bonds is 2. The van der Waals surface area contributed by atoms with Crippen LogP contribution in [-0.2, 0) is 12.8 Å². The minimum absolute atomic E-state index is 0.00423. The lowest BCUT2D eigenvalue weighted by molar-refractivity contribution is 0.103. The fourth-order valence-corrected chi connectivity index (χ4v) is 5.59. The molecular weight excluding hydrogens is 444 g/mol. The van der Waals surface area contributed by atoms with Gasteiger partial charge in [-0.1, -0.05) is 48.5 Å². The molecule has 36 heavy (non-hydrogen) atoms. The van der Waals surface area contributed by atoms with Crippen LogP contribution in [0.5, 0.6) is 0 Å². The molecular formula is C31H14N4O. The number of fused-ring (bicyclic) bond motifs is 6. The molecule has 0 atom stereocenters. The first kappa shape index (κ1) is 21.1. The van der Waals surface area contributed by atoms with Gasteiger partial charge >= 0.3 is 0 Å². The van der Waals surface area contributed by atoms with Crippen LogP contribution in [0, 0.1) is 45.3 Å². The van der Waals surface area contributed by atoms with Crippen LogP contribution in [0.2, 0.25) is 0 Å². The molecule has 4 aromatic carbocycles. The highest BCUT2D eigenvalue weighted by atomic mass is 16.1. The topological polar surface area (TPSA) is 112 Å². The third-order valence-corrected chi connectivity index (χ3v) is 7.14. The standard InChI is InChI=1S/C31H14N4O/c32-13-19-11-23-21-7-3-1-5-17(21)9-25(23)29(27(19)15-34)31(36)30-26-10-18-6-2-4-8-22(18)24(26)12-20(14-33)28(30)16-35/h1-8,11-12H,9-10H2. The van der Waals surface area contributed by atoms with E-state index in [2.05, 4.69) is 24.3 Å². The van der Waals surface area contributed by atoms with Crippen molar-refractivity contribution in [3.05, 3.63) is 116 Å². The van der Waals surface area contributed by atoms with Crippen LogP contribution < -0.4 is 0 Å². The molecule has 2 aliphatic carbocycles. The van der Waals surface area contributed by atoms with Gasteiger partial charge < -0.3 is 0 Å². The molecule has 5 nitrogen and oxygen atoms in total. The second-order valence-electron chi connectivity index (χ2n) is 8.84. The quantitative estimate of drug-likeness (QED) is 0.316. The predicted molar refractivity (Wildman–Crippen MR) is 132 cm³/mol. The summed E-state index contributed by atoms with van der Waals surface area (Å²) in [5.41, 5.74) is 7.23. The Morgan fingerprint density at radius 2 is 1.00 bits per heavy atom. The van der Waals surface area contributed by atoms with E-state index in [4.69, 9.17) is 0 Å². The molecule has 5 heteroatoms. The van der Waals surface area contributed by atoms with Gasteiger partial charge in [0, 0.05) is 11.1 Å². The van der Waals surface area contributed by atoms with Crippen LogP contribution >= 0.6 is 0 Å². The zero-order valence-corrected chi connectivity index (χ0v) is 18.9. The fourth-order valence-electron chi connectivity index (χ4n) is 5.59. The molecule has 0 aromatic heterocycles. The Kier molecular flexibility index (Phi) is 4.56. The van der Waals surface area contributed by atoms with Crippen LogP contribution in [0.4, 0.5) is 0 Å². The van der Waals surface area contributed by atoms with Crippen molar-refractivity contribution in [3.63, 3.8) is 0 Å². The van der Waals surface area contributed by atoms with Crippen LogP contribution in [0.3, 0.4) is 0 Å². The second-order valence-corrected chi connectivity index (χ2v) is 8.84. The van der Waals surface area contributed by atoms with Gasteiger partial charge in [0.1, 0.15) is 24.3 Å². The van der Waals surface area contributed by atoms with Gasteiger partial charge in [-0.15, -0.1) is 0 Å². The molecule has 164 valence electrons. The summed E-state index contributed by atoms with van der Waals surface area (Å²) in [5, 5.41) is 39.8. The second kappa shape index (κ2) is 7.78. The van der Waals surface area contributed by atoms with E-state index in [1.54, 1.807) is 12.1 Å². The lowest BCUT2D eigenvalue weighted by Crippen LogP contribution is -2.15. The van der Waals surface area contributed by atoms with Crippen molar-refractivity contribution >= 4 is 5.78 Å². The summed E-state index contributed by atoms with van der Waals surface area (Å²) >= 11 is 0. The molecule has 0 saturated heterocycles. The highest BCUT2D eigenvalue weighted by Gasteiger charge is 2.34. The van der Waals surface area contributed by atoms with Crippen molar-refractivity contribution in [2.75, 3.05) is 0 Å². The smallest absolute Gasteiger partial charge is 0.196 e. The average molecular weight is 458 g/mol. The normalized spacial score (nSPS) is 11.7. The summed E-state index contributed by atoms with van der Waals surface area (Å²) in [7, 11) is 0. The lowest BCUT2D eigenvalue weighted by Gasteiger charge is -2.16. The molecule has 6 rings (SSSR count). The Hall–Kier alpha value is -5.49. The monoisotopic (exact) mass is 458 g/mol. The summed E-state index contributed by atoms with van der Waals surface area (Å²) in [5.74, 6) is -0.495. The summed E-state index contributed by atoms with van der Waals surface area (Å²) in [6.45, 7) is 0. The fraction of sp³-hybridized carbons (Fsp3) is 0.0645. The van der Waals surface area contributed by atoms with E-state index in [0.29, 0.717) is 24.0 Å². The largest absolute Gasteiger partial charge is 0.288 e. The summed E-state index contributed by atoms with van der Waals surface area (Å²) in [6, 6.07) is 27.1. The number of nitriles is 4. The number of benzene rings is 4. The van der Waals surface area contributed by atoms with Gasteiger partial charge in [0.05, 0.1) is 22.3 Å². The predicted octanol–water partition coefficient (Wildman–Crippen LogP) is 5.55. The van der Waals surface area contributed by atoms with Crippen LogP contribution in [-0.4, -0.2) is 5.78 Å². The number of carbonyl (C=O) groups is 1. The molecule has 0 fully saturated rings. The van der Waals surface area contributed by atoms with Gasteiger partial charge in [-0.25, -0.2) is 0 Å². The number of hydrogen-bond donors (Lipinski definition) is 0. The average Bonchev–Trinajstić information content (AvgIpc) is 3.48. The van der Waals surface area contributed by atoms with Crippen molar-refractivity contribution in [2.45, 2.75) is 12.8 Å². The number of carbonyl (C=O) groups excluding carboxylic acids is 1. The third kappa shape index (κ3) is 2.75. The molecule has 0 N–H and O–H groups in total. The van der Waals surface area contributed by atoms with Crippen LogP contribution in [0.15, 0.2) is 60.7 Å². The van der Waals surface area contributed by atoms with Crippen molar-refractivity contribution in [2.24, 2.45) is 0 Å². The Morgan fingerprint density at radius 1 is 0.583 bits per heavy atom. The van der Waals surface area contributed by atoms with Crippen molar-refractivity contribution in [1.29, 1.82) is 21.0 Å². The van der Waals surface area contributed by atoms with Crippen molar-refractivity contribution < 1.29 is 4.79 Å². The highest BCUT2D eigenvalue weighted by Crippen LogP contribution is 2.44. The summed E-state index contributed by atoms with van der Waals surface area (Å²) in [6.07, 6.45) is 0.879. The molecule has 0 amide bonds. The number of ketones is 1. The first-order valence-electron chi connectivity index (χ1n) is 11.3. The SMILES string of the molecule is N#Cc1cc2c(c(C(=O)c3c(C#N)c(C#N)cc4c3Cc3ccccc3-4)c1C#N)Cc1ccccc1-2. The van der Waals surface area contributed by atoms with Crippen molar-refractivity contribution in [1.82, 2.24) is 0 Å². The Bertz CT molecular complexity index is 1720. The lowest BCUT2D eigenvalue weighted by atomic mass is 9.83. The molecule has 0 radical (unpaired) electrons. The molecule has 0 saturated carbocycles. The maximum Gasteiger partial charge on any atom is 0.196 e. The summed E-state index contributed by atoms with van der Waals surface area (Å²) in [4.78, 5) is 14.4. The molecule has 0 heterocycles.